The van der Waals surface area contributed by atoms with Crippen molar-refractivity contribution in [2.45, 2.75) is 6.54 Å². The van der Waals surface area contributed by atoms with Gasteiger partial charge in [0.25, 0.3) is 0 Å². The topological polar surface area (TPSA) is 70.1 Å². The maximum Gasteiger partial charge on any atom is 0.313 e. The highest BCUT2D eigenvalue weighted by Gasteiger charge is 2.61. The van der Waals surface area contributed by atoms with Gasteiger partial charge < -0.3 is 14.7 Å². The van der Waals surface area contributed by atoms with Crippen LogP contribution in [-0.2, 0) is 16.1 Å². The number of carbonyl (C=O) groups is 2. The minimum atomic E-state index is -1.14. The van der Waals surface area contributed by atoms with E-state index in [4.69, 9.17) is 4.74 Å². The summed E-state index contributed by atoms with van der Waals surface area (Å²) in [4.78, 5) is 27.9. The molecule has 2 saturated heterocycles. The van der Waals surface area contributed by atoms with Crippen LogP contribution < -0.4 is 4.74 Å². The third-order valence-corrected chi connectivity index (χ3v) is 5.12. The van der Waals surface area contributed by atoms with E-state index in [-0.39, 0.29) is 31.4 Å². The van der Waals surface area contributed by atoms with Gasteiger partial charge in [0.2, 0.25) is 5.91 Å². The molecule has 0 aromatic heterocycles. The lowest BCUT2D eigenvalue weighted by Gasteiger charge is -2.25. The Bertz CT molecular complexity index is 723. The first-order chi connectivity index (χ1) is 11.9. The molecule has 0 bridgehead atoms. The van der Waals surface area contributed by atoms with Crippen LogP contribution in [0.15, 0.2) is 30.9 Å². The number of hydrogen-bond donors (Lipinski definition) is 1. The number of methoxy groups -OCH3 is 1. The molecule has 1 amide bonds. The number of hydrogen-bond acceptors (Lipinski definition) is 4. The smallest absolute Gasteiger partial charge is 0.313 e. The van der Waals surface area contributed by atoms with Crippen molar-refractivity contribution in [2.24, 2.45) is 11.3 Å². The molecule has 134 valence electrons. The van der Waals surface area contributed by atoms with Crippen LogP contribution in [0.4, 0.5) is 4.39 Å². The summed E-state index contributed by atoms with van der Waals surface area (Å²) >= 11 is 0. The SMILES string of the molecule is C=CCN1C[C@@]2(C(=O)O)CN(Cc3cc(OC)ccc3F)C[C@H]2C1=O. The van der Waals surface area contributed by atoms with Gasteiger partial charge in [0.05, 0.1) is 13.0 Å². The molecule has 0 radical (unpaired) electrons. The van der Waals surface area contributed by atoms with E-state index in [9.17, 15) is 19.1 Å². The number of ether oxygens (including phenoxy) is 1. The fourth-order valence-corrected chi connectivity index (χ4v) is 3.88. The van der Waals surface area contributed by atoms with E-state index < -0.39 is 17.3 Å². The van der Waals surface area contributed by atoms with Gasteiger partial charge in [0.1, 0.15) is 17.0 Å². The Morgan fingerprint density at radius 2 is 2.28 bits per heavy atom. The lowest BCUT2D eigenvalue weighted by molar-refractivity contribution is -0.149. The molecular weight excluding hydrogens is 327 g/mol. The van der Waals surface area contributed by atoms with Crippen LogP contribution in [0, 0.1) is 17.2 Å². The second-order valence-corrected chi connectivity index (χ2v) is 6.65. The number of halogens is 1. The third-order valence-electron chi connectivity index (χ3n) is 5.12. The van der Waals surface area contributed by atoms with Crippen LogP contribution >= 0.6 is 0 Å². The molecule has 2 aliphatic rings. The number of aliphatic carboxylic acids is 1. The average molecular weight is 348 g/mol. The maximum atomic E-state index is 14.1. The van der Waals surface area contributed by atoms with Crippen LogP contribution in [0.5, 0.6) is 5.75 Å². The minimum absolute atomic E-state index is 0.162. The molecule has 25 heavy (non-hydrogen) atoms. The quantitative estimate of drug-likeness (QED) is 0.786. The van der Waals surface area contributed by atoms with Gasteiger partial charge in [-0.15, -0.1) is 6.58 Å². The number of amides is 1. The van der Waals surface area contributed by atoms with Gasteiger partial charge in [-0.25, -0.2) is 4.39 Å². The van der Waals surface area contributed by atoms with Gasteiger partial charge in [-0.1, -0.05) is 6.08 Å². The second-order valence-electron chi connectivity index (χ2n) is 6.65. The van der Waals surface area contributed by atoms with Gasteiger partial charge >= 0.3 is 5.97 Å². The molecule has 1 aromatic carbocycles. The standard InChI is InChI=1S/C18H21FN2O4/c1-3-6-21-11-18(17(23)24)10-20(9-14(18)16(21)22)8-12-7-13(25-2)4-5-15(12)19/h3-5,7,14H,1,6,8-11H2,2H3,(H,23,24)/t14-,18-/m0/s1. The summed E-state index contributed by atoms with van der Waals surface area (Å²) in [6.07, 6.45) is 1.60. The fraction of sp³-hybridized carbons (Fsp3) is 0.444. The van der Waals surface area contributed by atoms with Crippen molar-refractivity contribution in [1.29, 1.82) is 0 Å². The van der Waals surface area contributed by atoms with Crippen LogP contribution in [0.3, 0.4) is 0 Å². The molecular formula is C18H21FN2O4. The van der Waals surface area contributed by atoms with Crippen molar-refractivity contribution < 1.29 is 23.8 Å². The number of likely N-dealkylation sites (tertiary alicyclic amines) is 2. The molecule has 1 aromatic rings. The summed E-state index contributed by atoms with van der Waals surface area (Å²) in [5.74, 6) is -1.60. The maximum absolute atomic E-state index is 14.1. The lowest BCUT2D eigenvalue weighted by Crippen LogP contribution is -2.40. The summed E-state index contributed by atoms with van der Waals surface area (Å²) in [6.45, 7) is 4.87. The molecule has 0 spiro atoms. The summed E-state index contributed by atoms with van der Waals surface area (Å²) in [5, 5.41) is 9.77. The van der Waals surface area contributed by atoms with E-state index >= 15 is 0 Å². The molecule has 2 aliphatic heterocycles. The number of carboxylic acids is 1. The molecule has 1 N–H and O–H groups in total. The van der Waals surface area contributed by atoms with E-state index in [0.29, 0.717) is 24.4 Å². The van der Waals surface area contributed by atoms with Gasteiger partial charge in [-0.05, 0) is 18.2 Å². The fourth-order valence-electron chi connectivity index (χ4n) is 3.88. The Hall–Kier alpha value is -2.41. The van der Waals surface area contributed by atoms with E-state index in [2.05, 4.69) is 6.58 Å². The van der Waals surface area contributed by atoms with E-state index in [1.807, 2.05) is 4.90 Å². The number of fused-ring (bicyclic) bond motifs is 1. The molecule has 2 atom stereocenters. The van der Waals surface area contributed by atoms with Gasteiger partial charge in [0, 0.05) is 38.3 Å². The second kappa shape index (κ2) is 6.48. The average Bonchev–Trinajstić information content (AvgIpc) is 3.06. The minimum Gasteiger partial charge on any atom is -0.497 e. The Balaban J connectivity index is 1.81. The number of nitrogens with zero attached hydrogens (tertiary/aromatic N) is 2. The van der Waals surface area contributed by atoms with E-state index in [1.165, 1.54) is 24.1 Å². The zero-order valence-electron chi connectivity index (χ0n) is 14.1. The van der Waals surface area contributed by atoms with Crippen molar-refractivity contribution in [1.82, 2.24) is 9.80 Å². The highest BCUT2D eigenvalue weighted by Crippen LogP contribution is 2.44. The molecule has 3 rings (SSSR count). The summed E-state index contributed by atoms with van der Waals surface area (Å²) in [6, 6.07) is 4.46. The largest absolute Gasteiger partial charge is 0.497 e. The van der Waals surface area contributed by atoms with E-state index in [1.54, 1.807) is 12.1 Å². The summed E-state index contributed by atoms with van der Waals surface area (Å²) < 4.78 is 19.2. The van der Waals surface area contributed by atoms with Crippen LogP contribution in [-0.4, -0.2) is 60.1 Å². The number of rotatable bonds is 6. The Kier molecular flexibility index (Phi) is 4.51. The van der Waals surface area contributed by atoms with Crippen molar-refractivity contribution in [3.05, 3.63) is 42.2 Å². The van der Waals surface area contributed by atoms with Gasteiger partial charge in [-0.2, -0.15) is 0 Å². The Morgan fingerprint density at radius 1 is 1.52 bits per heavy atom. The van der Waals surface area contributed by atoms with Gasteiger partial charge in [-0.3, -0.25) is 14.5 Å². The van der Waals surface area contributed by atoms with Crippen molar-refractivity contribution in [3.63, 3.8) is 0 Å². The lowest BCUT2D eigenvalue weighted by atomic mass is 9.81. The molecule has 0 saturated carbocycles. The van der Waals surface area contributed by atoms with Crippen molar-refractivity contribution >= 4 is 11.9 Å². The summed E-state index contributed by atoms with van der Waals surface area (Å²) in [7, 11) is 1.50. The monoisotopic (exact) mass is 348 g/mol. The normalized spacial score (nSPS) is 25.9. The Morgan fingerprint density at radius 3 is 2.88 bits per heavy atom. The van der Waals surface area contributed by atoms with Crippen LogP contribution in [0.2, 0.25) is 0 Å². The highest BCUT2D eigenvalue weighted by atomic mass is 19.1. The zero-order valence-corrected chi connectivity index (χ0v) is 14.1. The molecule has 2 fully saturated rings. The predicted octanol–water partition coefficient (Wildman–Crippen LogP) is 1.37. The van der Waals surface area contributed by atoms with Crippen molar-refractivity contribution in [3.8, 4) is 5.75 Å². The Labute approximate surface area is 145 Å². The molecule has 0 unspecified atom stereocenters. The van der Waals surface area contributed by atoms with E-state index in [0.717, 1.165) is 0 Å². The van der Waals surface area contributed by atoms with Gasteiger partial charge in [0.15, 0.2) is 0 Å². The first kappa shape index (κ1) is 17.4. The molecule has 6 nitrogen and oxygen atoms in total. The highest BCUT2D eigenvalue weighted by molar-refractivity contribution is 5.92. The molecule has 2 heterocycles. The molecule has 0 aliphatic carbocycles. The molecule has 7 heteroatoms. The van der Waals surface area contributed by atoms with Crippen LogP contribution in [0.1, 0.15) is 5.56 Å². The van der Waals surface area contributed by atoms with Crippen molar-refractivity contribution in [2.75, 3.05) is 33.3 Å². The predicted molar refractivity (Wildman–Crippen MR) is 88.6 cm³/mol. The first-order valence-electron chi connectivity index (χ1n) is 8.09. The van der Waals surface area contributed by atoms with Crippen LogP contribution in [0.25, 0.3) is 0 Å². The number of carboxylic acid groups (broad SMARTS) is 1. The number of carbonyl (C=O) groups excluding carboxylic acids is 1. The third kappa shape index (κ3) is 2.89. The number of benzene rings is 1. The zero-order chi connectivity index (χ0) is 18.2. The first-order valence-corrected chi connectivity index (χ1v) is 8.09. The summed E-state index contributed by atoms with van der Waals surface area (Å²) in [5.41, 5.74) is -0.717.